The summed E-state index contributed by atoms with van der Waals surface area (Å²) in [7, 11) is 0. The highest BCUT2D eigenvalue weighted by atomic mass is 16.5. The number of aryl methyl sites for hydroxylation is 1. The third-order valence-electron chi connectivity index (χ3n) is 4.22. The Kier molecular flexibility index (Phi) is 2.21. The van der Waals surface area contributed by atoms with Crippen molar-refractivity contribution < 1.29 is 9.84 Å². The van der Waals surface area contributed by atoms with E-state index in [9.17, 15) is 5.11 Å². The molecule has 2 aliphatic rings. The molecule has 1 aliphatic heterocycles. The van der Waals surface area contributed by atoms with Crippen LogP contribution in [0, 0.1) is 5.92 Å². The molecule has 1 N–H and O–H groups in total. The van der Waals surface area contributed by atoms with Gasteiger partial charge >= 0.3 is 0 Å². The van der Waals surface area contributed by atoms with Gasteiger partial charge in [-0.15, -0.1) is 0 Å². The van der Waals surface area contributed by atoms with Crippen LogP contribution in [0.2, 0.25) is 0 Å². The summed E-state index contributed by atoms with van der Waals surface area (Å²) in [6.07, 6.45) is 3.33. The summed E-state index contributed by atoms with van der Waals surface area (Å²) >= 11 is 0. The van der Waals surface area contributed by atoms with Crippen LogP contribution in [0.5, 0.6) is 5.75 Å². The first-order valence-electron chi connectivity index (χ1n) is 6.13. The first-order chi connectivity index (χ1) is 7.76. The van der Waals surface area contributed by atoms with Gasteiger partial charge in [-0.3, -0.25) is 0 Å². The molecular formula is C14H18O2. The highest BCUT2D eigenvalue weighted by Crippen LogP contribution is 2.54. The molecule has 0 amide bonds. The number of rotatable bonds is 2. The quantitative estimate of drug-likeness (QED) is 0.825. The van der Waals surface area contributed by atoms with Crippen LogP contribution in [0.1, 0.15) is 30.9 Å². The van der Waals surface area contributed by atoms with Crippen molar-refractivity contribution in [2.75, 3.05) is 13.2 Å². The molecule has 1 aromatic rings. The molecular weight excluding hydrogens is 200 g/mol. The standard InChI is InChI=1S/C14H18O2/c1-10-8-14(10,9-15)12-4-5-13-11(7-12)3-2-6-16-13/h4-5,7,10,15H,2-3,6,8-9H2,1H3. The van der Waals surface area contributed by atoms with E-state index in [-0.39, 0.29) is 12.0 Å². The van der Waals surface area contributed by atoms with Crippen molar-refractivity contribution in [3.63, 3.8) is 0 Å². The smallest absolute Gasteiger partial charge is 0.122 e. The van der Waals surface area contributed by atoms with Gasteiger partial charge in [0.1, 0.15) is 5.75 Å². The van der Waals surface area contributed by atoms with Gasteiger partial charge in [0.2, 0.25) is 0 Å². The van der Waals surface area contributed by atoms with Gasteiger partial charge < -0.3 is 9.84 Å². The molecule has 0 aromatic heterocycles. The van der Waals surface area contributed by atoms with Crippen molar-refractivity contribution in [1.82, 2.24) is 0 Å². The van der Waals surface area contributed by atoms with E-state index in [4.69, 9.17) is 4.74 Å². The van der Waals surface area contributed by atoms with Crippen molar-refractivity contribution >= 4 is 0 Å². The van der Waals surface area contributed by atoms with Crippen molar-refractivity contribution in [2.45, 2.75) is 31.6 Å². The molecule has 2 unspecified atom stereocenters. The van der Waals surface area contributed by atoms with Gasteiger partial charge in [-0.2, -0.15) is 0 Å². The summed E-state index contributed by atoms with van der Waals surface area (Å²) in [6, 6.07) is 6.45. The van der Waals surface area contributed by atoms with Crippen LogP contribution < -0.4 is 4.74 Å². The van der Waals surface area contributed by atoms with Gasteiger partial charge in [-0.25, -0.2) is 0 Å². The zero-order chi connectivity index (χ0) is 11.2. The average molecular weight is 218 g/mol. The third-order valence-corrected chi connectivity index (χ3v) is 4.22. The Morgan fingerprint density at radius 3 is 3.00 bits per heavy atom. The Morgan fingerprint density at radius 1 is 1.50 bits per heavy atom. The van der Waals surface area contributed by atoms with Gasteiger partial charge in [0.05, 0.1) is 13.2 Å². The average Bonchev–Trinajstić information content (AvgIpc) is 3.01. The summed E-state index contributed by atoms with van der Waals surface area (Å²) in [5, 5.41) is 9.55. The Bertz CT molecular complexity index is 409. The molecule has 1 aromatic carbocycles. The lowest BCUT2D eigenvalue weighted by Gasteiger charge is -2.21. The molecule has 0 bridgehead atoms. The Hall–Kier alpha value is -1.02. The fourth-order valence-corrected chi connectivity index (χ4v) is 2.87. The van der Waals surface area contributed by atoms with Gasteiger partial charge in [-0.05, 0) is 42.4 Å². The molecule has 0 radical (unpaired) electrons. The molecule has 3 rings (SSSR count). The first-order valence-corrected chi connectivity index (χ1v) is 6.13. The van der Waals surface area contributed by atoms with Crippen molar-refractivity contribution in [3.8, 4) is 5.75 Å². The van der Waals surface area contributed by atoms with Crippen molar-refractivity contribution in [1.29, 1.82) is 0 Å². The van der Waals surface area contributed by atoms with Gasteiger partial charge in [0.25, 0.3) is 0 Å². The molecule has 0 spiro atoms. The number of benzene rings is 1. The molecule has 16 heavy (non-hydrogen) atoms. The van der Waals surface area contributed by atoms with Crippen molar-refractivity contribution in [2.24, 2.45) is 5.92 Å². The number of hydrogen-bond donors (Lipinski definition) is 1. The van der Waals surface area contributed by atoms with E-state index in [0.717, 1.165) is 31.6 Å². The third kappa shape index (κ3) is 1.36. The number of hydrogen-bond acceptors (Lipinski definition) is 2. The van der Waals surface area contributed by atoms with E-state index in [2.05, 4.69) is 25.1 Å². The van der Waals surface area contributed by atoms with Crippen LogP contribution in [0.4, 0.5) is 0 Å². The zero-order valence-electron chi connectivity index (χ0n) is 9.70. The first kappa shape index (κ1) is 10.2. The van der Waals surface area contributed by atoms with Gasteiger partial charge in [0, 0.05) is 5.41 Å². The minimum Gasteiger partial charge on any atom is -0.493 e. The van der Waals surface area contributed by atoms with Crippen LogP contribution >= 0.6 is 0 Å². The van der Waals surface area contributed by atoms with Crippen LogP contribution in [0.3, 0.4) is 0 Å². The van der Waals surface area contributed by atoms with Crippen LogP contribution in [-0.2, 0) is 11.8 Å². The summed E-state index contributed by atoms with van der Waals surface area (Å²) in [5.74, 6) is 1.65. The van der Waals surface area contributed by atoms with E-state index >= 15 is 0 Å². The second-order valence-electron chi connectivity index (χ2n) is 5.19. The van der Waals surface area contributed by atoms with Gasteiger partial charge in [0.15, 0.2) is 0 Å². The predicted octanol–water partition coefficient (Wildman–Crippen LogP) is 2.28. The molecule has 1 aliphatic carbocycles. The summed E-state index contributed by atoms with van der Waals surface area (Å²) in [5.41, 5.74) is 2.66. The highest BCUT2D eigenvalue weighted by Gasteiger charge is 2.51. The van der Waals surface area contributed by atoms with Crippen LogP contribution in [-0.4, -0.2) is 18.3 Å². The molecule has 1 saturated carbocycles. The SMILES string of the molecule is CC1CC1(CO)c1ccc2c(c1)CCCO2. The maximum absolute atomic E-state index is 9.55. The van der Waals surface area contributed by atoms with E-state index < -0.39 is 0 Å². The lowest BCUT2D eigenvalue weighted by molar-refractivity contribution is 0.246. The normalized spacial score (nSPS) is 31.8. The maximum Gasteiger partial charge on any atom is 0.122 e. The molecule has 86 valence electrons. The van der Waals surface area contributed by atoms with E-state index in [1.165, 1.54) is 11.1 Å². The monoisotopic (exact) mass is 218 g/mol. The van der Waals surface area contributed by atoms with E-state index in [1.54, 1.807) is 0 Å². The molecule has 2 heteroatoms. The van der Waals surface area contributed by atoms with E-state index in [1.807, 2.05) is 0 Å². The second kappa shape index (κ2) is 3.49. The Labute approximate surface area is 96.2 Å². The molecule has 0 saturated heterocycles. The molecule has 2 atom stereocenters. The van der Waals surface area contributed by atoms with E-state index in [0.29, 0.717) is 5.92 Å². The lowest BCUT2D eigenvalue weighted by Crippen LogP contribution is -2.16. The summed E-state index contributed by atoms with van der Waals surface area (Å²) in [6.45, 7) is 3.33. The number of aliphatic hydroxyl groups excluding tert-OH is 1. The molecule has 1 fully saturated rings. The second-order valence-corrected chi connectivity index (χ2v) is 5.19. The topological polar surface area (TPSA) is 29.5 Å². The number of aliphatic hydroxyl groups is 1. The number of ether oxygens (including phenoxy) is 1. The lowest BCUT2D eigenvalue weighted by atomic mass is 9.91. The molecule has 2 nitrogen and oxygen atoms in total. The zero-order valence-corrected chi connectivity index (χ0v) is 9.70. The minimum atomic E-state index is 0.0481. The van der Waals surface area contributed by atoms with Crippen LogP contribution in [0.15, 0.2) is 18.2 Å². The van der Waals surface area contributed by atoms with Crippen LogP contribution in [0.25, 0.3) is 0 Å². The molecule has 1 heterocycles. The maximum atomic E-state index is 9.55. The fraction of sp³-hybridized carbons (Fsp3) is 0.571. The minimum absolute atomic E-state index is 0.0481. The van der Waals surface area contributed by atoms with Gasteiger partial charge in [-0.1, -0.05) is 19.1 Å². The largest absolute Gasteiger partial charge is 0.493 e. The highest BCUT2D eigenvalue weighted by molar-refractivity contribution is 5.44. The Morgan fingerprint density at radius 2 is 2.31 bits per heavy atom. The summed E-state index contributed by atoms with van der Waals surface area (Å²) < 4.78 is 5.61. The summed E-state index contributed by atoms with van der Waals surface area (Å²) in [4.78, 5) is 0. The van der Waals surface area contributed by atoms with Crippen molar-refractivity contribution in [3.05, 3.63) is 29.3 Å². The predicted molar refractivity (Wildman–Crippen MR) is 62.8 cm³/mol. The fourth-order valence-electron chi connectivity index (χ4n) is 2.87. The Balaban J connectivity index is 1.97. The number of fused-ring (bicyclic) bond motifs is 1.